The third kappa shape index (κ3) is 9.82. The molecule has 0 radical (unpaired) electrons. The fraction of sp³-hybridized carbons (Fsp3) is 0.216. The Morgan fingerprint density at radius 3 is 1.64 bits per heavy atom. The topological polar surface area (TPSA) is 0 Å². The van der Waals surface area contributed by atoms with Crippen molar-refractivity contribution in [1.29, 1.82) is 0 Å². The predicted octanol–water partition coefficient (Wildman–Crippen LogP) is 2.26. The molecule has 5 heteroatoms. The minimum atomic E-state index is -1.19. The van der Waals surface area contributed by atoms with Crippen LogP contribution in [0.25, 0.3) is 11.1 Å². The maximum Gasteiger partial charge on any atom is -0.0253 e. The van der Waals surface area contributed by atoms with Gasteiger partial charge in [0.25, 0.3) is 0 Å². The number of benzene rings is 4. The monoisotopic (exact) mass is 790 g/mol. The van der Waals surface area contributed by atoms with Crippen LogP contribution in [0.15, 0.2) is 109 Å². The fourth-order valence-corrected chi connectivity index (χ4v) is 8.31. The Labute approximate surface area is 283 Å². The standard InChI is InChI=1S/C19H26Si2.C13H9.C5H5.2ClH.Hf/c1-20(2,3)18-11-7-16(8-12-18)15-17-9-13-19(14-10-17)21(4,5)6;1-3-7-12-10(5-1)9-11-6-2-4-8-13(11)12;1-2-4-5-3-1;;;/h7-14H,1-6H3;1-5,7-8H,9H2;1-3H,4H2;2*1H;/q;2*-1;;;+2/p-2. The third-order valence-corrected chi connectivity index (χ3v) is 13.5. The van der Waals surface area contributed by atoms with E-state index in [1.807, 2.05) is 18.2 Å². The maximum atomic E-state index is 3.30. The minimum Gasteiger partial charge on any atom is -1.00 e. The molecule has 0 nitrogen and oxygen atoms in total. The van der Waals surface area contributed by atoms with E-state index in [4.69, 9.17) is 0 Å². The summed E-state index contributed by atoms with van der Waals surface area (Å²) >= 11 is 1.08. The van der Waals surface area contributed by atoms with E-state index in [2.05, 4.69) is 142 Å². The van der Waals surface area contributed by atoms with Gasteiger partial charge in [-0.05, 0) is 6.42 Å². The molecule has 4 aromatic rings. The summed E-state index contributed by atoms with van der Waals surface area (Å²) in [6.45, 7) is 14.4. The molecule has 2 aliphatic carbocycles. The fourth-order valence-electron chi connectivity index (χ4n) is 4.78. The zero-order chi connectivity index (χ0) is 28.8. The van der Waals surface area contributed by atoms with E-state index in [0.29, 0.717) is 0 Å². The molecule has 0 unspecified atom stereocenters. The largest absolute Gasteiger partial charge is 1.00 e. The van der Waals surface area contributed by atoms with Gasteiger partial charge in [-0.3, -0.25) is 6.08 Å². The Bertz CT molecular complexity index is 1390. The minimum absolute atomic E-state index is 0. The molecule has 2 aliphatic rings. The second kappa shape index (κ2) is 16.3. The van der Waals surface area contributed by atoms with E-state index in [1.165, 1.54) is 36.6 Å². The summed E-state index contributed by atoms with van der Waals surface area (Å²) in [4.78, 5) is 0. The molecule has 4 aromatic carbocycles. The van der Waals surface area contributed by atoms with Crippen LogP contribution < -0.4 is 35.2 Å². The van der Waals surface area contributed by atoms with Crippen LogP contribution in [0.2, 0.25) is 39.3 Å². The van der Waals surface area contributed by atoms with Crippen LogP contribution >= 0.6 is 0 Å². The van der Waals surface area contributed by atoms with E-state index in [1.54, 1.807) is 10.4 Å². The van der Waals surface area contributed by atoms with E-state index in [-0.39, 0.29) is 24.8 Å². The number of rotatable bonds is 4. The number of hydrogen-bond acceptors (Lipinski definition) is 0. The van der Waals surface area contributed by atoms with Crippen LogP contribution in [-0.4, -0.2) is 19.4 Å². The normalized spacial score (nSPS) is 12.4. The Morgan fingerprint density at radius 1 is 0.667 bits per heavy atom. The summed E-state index contributed by atoms with van der Waals surface area (Å²) in [6.07, 6.45) is 11.0. The first-order chi connectivity index (χ1) is 19.0. The first kappa shape index (κ1) is 36.3. The first-order valence-electron chi connectivity index (χ1n) is 14.1. The van der Waals surface area contributed by atoms with Gasteiger partial charge in [-0.25, -0.2) is 12.2 Å². The van der Waals surface area contributed by atoms with Crippen LogP contribution in [0.5, 0.6) is 0 Å². The van der Waals surface area contributed by atoms with Gasteiger partial charge in [0, 0.05) is 0 Å². The molecular formula is C37H40Cl2HfSi2-2. The second-order valence-electron chi connectivity index (χ2n) is 12.4. The molecule has 0 saturated carbocycles. The van der Waals surface area contributed by atoms with Crippen molar-refractivity contribution in [3.63, 3.8) is 0 Å². The molecule has 0 saturated heterocycles. The van der Waals surface area contributed by atoms with Gasteiger partial charge in [-0.15, -0.1) is 12.0 Å². The molecule has 6 rings (SSSR count). The van der Waals surface area contributed by atoms with Crippen LogP contribution in [0.1, 0.15) is 28.7 Å². The van der Waals surface area contributed by atoms with Crippen molar-refractivity contribution in [2.24, 2.45) is 0 Å². The molecule has 0 aliphatic heterocycles. The van der Waals surface area contributed by atoms with Crippen molar-refractivity contribution in [2.75, 3.05) is 0 Å². The van der Waals surface area contributed by atoms with Crippen LogP contribution in [0, 0.1) is 12.1 Å². The molecule has 0 atom stereocenters. The van der Waals surface area contributed by atoms with Gasteiger partial charge in [0.2, 0.25) is 0 Å². The smallest absolute Gasteiger partial charge is 0.0253 e. The average molecular weight is 790 g/mol. The van der Waals surface area contributed by atoms with Crippen molar-refractivity contribution in [2.45, 2.75) is 52.1 Å². The SMILES string of the molecule is C[Si](C)(C)c1ccc([C](=[Hf+2])c2ccc([Si](C)(C)C)cc2)cc1.[C-]1=CC=CC1.[Cl-].[Cl-].[c-]1cccc2c1Cc1ccccc1-2. The zero-order valence-electron chi connectivity index (χ0n) is 25.6. The summed E-state index contributed by atoms with van der Waals surface area (Å²) < 4.78 is 1.50. The zero-order valence-corrected chi connectivity index (χ0v) is 32.7. The van der Waals surface area contributed by atoms with Crippen molar-refractivity contribution >= 4 is 29.8 Å². The van der Waals surface area contributed by atoms with Crippen molar-refractivity contribution in [3.05, 3.63) is 144 Å². The number of fused-ring (bicyclic) bond motifs is 3. The molecule has 0 bridgehead atoms. The second-order valence-corrected chi connectivity index (χ2v) is 24.4. The van der Waals surface area contributed by atoms with Gasteiger partial charge >= 0.3 is 153 Å². The summed E-state index contributed by atoms with van der Waals surface area (Å²) in [5.74, 6) is 0. The molecular weight excluding hydrogens is 750 g/mol. The van der Waals surface area contributed by atoms with Gasteiger partial charge in [0.15, 0.2) is 0 Å². The Hall–Kier alpha value is -1.89. The molecule has 0 N–H and O–H groups in total. The van der Waals surface area contributed by atoms with E-state index in [0.717, 1.165) is 36.7 Å². The third-order valence-electron chi connectivity index (χ3n) is 7.28. The predicted molar refractivity (Wildman–Crippen MR) is 177 cm³/mol. The van der Waals surface area contributed by atoms with Gasteiger partial charge < -0.3 is 24.8 Å². The molecule has 216 valence electrons. The summed E-state index contributed by atoms with van der Waals surface area (Å²) in [6, 6.07) is 36.8. The molecule has 0 aromatic heterocycles. The van der Waals surface area contributed by atoms with E-state index >= 15 is 0 Å². The number of halogens is 2. The van der Waals surface area contributed by atoms with Gasteiger partial charge in [0.1, 0.15) is 0 Å². The van der Waals surface area contributed by atoms with Crippen LogP contribution in [0.3, 0.4) is 0 Å². The summed E-state index contributed by atoms with van der Waals surface area (Å²) in [5, 5.41) is 3.08. The van der Waals surface area contributed by atoms with Gasteiger partial charge in [-0.2, -0.15) is 35.9 Å². The Balaban J connectivity index is 0.000000258. The number of allylic oxidation sites excluding steroid dienone is 4. The van der Waals surface area contributed by atoms with E-state index < -0.39 is 16.1 Å². The summed E-state index contributed by atoms with van der Waals surface area (Å²) in [5.41, 5.74) is 8.31. The van der Waals surface area contributed by atoms with Crippen molar-refractivity contribution in [3.8, 4) is 11.1 Å². The van der Waals surface area contributed by atoms with Crippen LogP contribution in [0.4, 0.5) is 0 Å². The molecule has 0 heterocycles. The number of hydrogen-bond donors (Lipinski definition) is 0. The summed E-state index contributed by atoms with van der Waals surface area (Å²) in [7, 11) is -2.38. The average Bonchev–Trinajstić information content (AvgIpc) is 3.64. The molecule has 0 fully saturated rings. The van der Waals surface area contributed by atoms with Crippen molar-refractivity contribution in [1.82, 2.24) is 0 Å². The maximum absolute atomic E-state index is 3.30. The van der Waals surface area contributed by atoms with Gasteiger partial charge in [0.05, 0.1) is 0 Å². The van der Waals surface area contributed by atoms with E-state index in [9.17, 15) is 0 Å². The Morgan fingerprint density at radius 2 is 1.19 bits per heavy atom. The molecule has 42 heavy (non-hydrogen) atoms. The quantitative estimate of drug-likeness (QED) is 0.194. The molecule has 0 amide bonds. The van der Waals surface area contributed by atoms with Gasteiger partial charge in [-0.1, -0.05) is 35.4 Å². The molecule has 0 spiro atoms. The first-order valence-corrected chi connectivity index (χ1v) is 22.9. The Kier molecular flexibility index (Phi) is 14.1. The van der Waals surface area contributed by atoms with Crippen molar-refractivity contribution < 1.29 is 48.7 Å². The van der Waals surface area contributed by atoms with Crippen LogP contribution in [-0.2, 0) is 30.3 Å².